The second-order valence-corrected chi connectivity index (χ2v) is 4.89. The predicted octanol–water partition coefficient (Wildman–Crippen LogP) is 2.59. The number of esters is 1. The molecule has 0 radical (unpaired) electrons. The number of aromatic nitrogens is 1. The molecule has 0 unspecified atom stereocenters. The Labute approximate surface area is 115 Å². The third-order valence-corrected chi connectivity index (χ3v) is 3.55. The van der Waals surface area contributed by atoms with E-state index in [0.717, 1.165) is 10.6 Å². The molecular weight excluding hydrogens is 266 g/mol. The van der Waals surface area contributed by atoms with Crippen LogP contribution in [0, 0.1) is 6.92 Å². The van der Waals surface area contributed by atoms with Crippen LogP contribution in [0.1, 0.15) is 26.9 Å². The van der Waals surface area contributed by atoms with Crippen molar-refractivity contribution < 1.29 is 18.7 Å². The van der Waals surface area contributed by atoms with E-state index in [0.29, 0.717) is 25.4 Å². The molecule has 0 aromatic carbocycles. The van der Waals surface area contributed by atoms with Gasteiger partial charge in [0.25, 0.3) is 0 Å². The molecule has 0 fully saturated rings. The molecular formula is C13H15NO4S. The Morgan fingerprint density at radius 1 is 1.47 bits per heavy atom. The molecule has 5 nitrogen and oxygen atoms in total. The number of nitrogens with zero attached hydrogens (tertiary/aromatic N) is 1. The molecule has 0 spiro atoms. The van der Waals surface area contributed by atoms with E-state index in [1.165, 1.54) is 0 Å². The molecule has 2 aromatic rings. The van der Waals surface area contributed by atoms with Crippen molar-refractivity contribution in [2.75, 3.05) is 13.7 Å². The van der Waals surface area contributed by atoms with Gasteiger partial charge < -0.3 is 13.9 Å². The first-order chi connectivity index (χ1) is 9.20. The summed E-state index contributed by atoms with van der Waals surface area (Å²) in [7, 11) is 1.57. The maximum atomic E-state index is 11.7. The number of rotatable bonds is 6. The topological polar surface area (TPSA) is 61.6 Å². The van der Waals surface area contributed by atoms with E-state index in [1.807, 2.05) is 6.92 Å². The Hall–Kier alpha value is -1.66. The van der Waals surface area contributed by atoms with E-state index in [4.69, 9.17) is 13.9 Å². The second-order valence-electron chi connectivity index (χ2n) is 3.95. The molecule has 102 valence electrons. The lowest BCUT2D eigenvalue weighted by Gasteiger charge is -2.02. The summed E-state index contributed by atoms with van der Waals surface area (Å²) in [5.41, 5.74) is 2.78. The van der Waals surface area contributed by atoms with E-state index in [1.54, 1.807) is 36.1 Å². The minimum Gasteiger partial charge on any atom is -0.459 e. The zero-order valence-corrected chi connectivity index (χ0v) is 11.7. The standard InChI is InChI=1S/C13H15NO4S/c1-9-12(19-8-14-9)5-6-17-13(15)11-4-3-10(18-11)7-16-2/h3-4,8H,5-7H2,1-2H3. The van der Waals surface area contributed by atoms with Crippen LogP contribution in [0.3, 0.4) is 0 Å². The molecule has 6 heteroatoms. The predicted molar refractivity (Wildman–Crippen MR) is 70.3 cm³/mol. The van der Waals surface area contributed by atoms with E-state index in [-0.39, 0.29) is 5.76 Å². The van der Waals surface area contributed by atoms with E-state index in [2.05, 4.69) is 4.98 Å². The van der Waals surface area contributed by atoms with Crippen LogP contribution in [0.25, 0.3) is 0 Å². The zero-order chi connectivity index (χ0) is 13.7. The van der Waals surface area contributed by atoms with Crippen molar-refractivity contribution in [3.8, 4) is 0 Å². The SMILES string of the molecule is COCc1ccc(C(=O)OCCc2scnc2C)o1. The maximum Gasteiger partial charge on any atom is 0.374 e. The monoisotopic (exact) mass is 281 g/mol. The Bertz CT molecular complexity index is 546. The van der Waals surface area contributed by atoms with Crippen LogP contribution < -0.4 is 0 Å². The fourth-order valence-corrected chi connectivity index (χ4v) is 2.34. The summed E-state index contributed by atoms with van der Waals surface area (Å²) < 4.78 is 15.4. The first-order valence-corrected chi connectivity index (χ1v) is 6.72. The minimum absolute atomic E-state index is 0.202. The fourth-order valence-electron chi connectivity index (χ4n) is 1.58. The molecule has 2 heterocycles. The molecule has 0 saturated heterocycles. The quantitative estimate of drug-likeness (QED) is 0.762. The molecule has 0 aliphatic carbocycles. The number of hydrogen-bond acceptors (Lipinski definition) is 6. The Kier molecular flexibility index (Phi) is 4.70. The smallest absolute Gasteiger partial charge is 0.374 e. The van der Waals surface area contributed by atoms with Crippen LogP contribution in [0.15, 0.2) is 22.1 Å². The highest BCUT2D eigenvalue weighted by molar-refractivity contribution is 7.09. The molecule has 0 N–H and O–H groups in total. The number of methoxy groups -OCH3 is 1. The van der Waals surface area contributed by atoms with Gasteiger partial charge in [0.1, 0.15) is 12.4 Å². The number of carbonyl (C=O) groups is 1. The van der Waals surface area contributed by atoms with Crippen molar-refractivity contribution in [3.63, 3.8) is 0 Å². The Morgan fingerprint density at radius 2 is 2.32 bits per heavy atom. The molecule has 0 saturated carbocycles. The minimum atomic E-state index is -0.454. The van der Waals surface area contributed by atoms with Gasteiger partial charge in [-0.25, -0.2) is 9.78 Å². The molecule has 2 aromatic heterocycles. The maximum absolute atomic E-state index is 11.7. The molecule has 0 aliphatic rings. The van der Waals surface area contributed by atoms with Crippen LogP contribution in [0.4, 0.5) is 0 Å². The van der Waals surface area contributed by atoms with Crippen molar-refractivity contribution >= 4 is 17.3 Å². The van der Waals surface area contributed by atoms with Gasteiger partial charge in [0.15, 0.2) is 0 Å². The normalized spacial score (nSPS) is 10.6. The van der Waals surface area contributed by atoms with Gasteiger partial charge in [0.05, 0.1) is 17.8 Å². The van der Waals surface area contributed by atoms with Gasteiger partial charge in [0.2, 0.25) is 5.76 Å². The number of thiazole rings is 1. The summed E-state index contributed by atoms with van der Waals surface area (Å²) in [5, 5.41) is 0. The highest BCUT2D eigenvalue weighted by atomic mass is 32.1. The summed E-state index contributed by atoms with van der Waals surface area (Å²) in [6.45, 7) is 2.60. The van der Waals surface area contributed by atoms with Crippen molar-refractivity contribution in [2.45, 2.75) is 20.0 Å². The molecule has 0 aliphatic heterocycles. The van der Waals surface area contributed by atoms with Gasteiger partial charge >= 0.3 is 5.97 Å². The average Bonchev–Trinajstić information content (AvgIpc) is 3.00. The van der Waals surface area contributed by atoms with Crippen LogP contribution >= 0.6 is 11.3 Å². The van der Waals surface area contributed by atoms with Gasteiger partial charge in [-0.1, -0.05) is 0 Å². The molecule has 19 heavy (non-hydrogen) atoms. The summed E-state index contributed by atoms with van der Waals surface area (Å²) in [5.74, 6) is 0.352. The van der Waals surface area contributed by atoms with Gasteiger partial charge in [-0.3, -0.25) is 0 Å². The third kappa shape index (κ3) is 3.65. The van der Waals surface area contributed by atoms with Gasteiger partial charge in [0, 0.05) is 18.4 Å². The Morgan fingerprint density at radius 3 is 3.00 bits per heavy atom. The summed E-state index contributed by atoms with van der Waals surface area (Å²) in [6, 6.07) is 3.29. The second kappa shape index (κ2) is 6.49. The summed E-state index contributed by atoms with van der Waals surface area (Å²) in [6.07, 6.45) is 0.674. The van der Waals surface area contributed by atoms with Gasteiger partial charge in [-0.05, 0) is 19.1 Å². The number of carbonyl (C=O) groups excluding carboxylic acids is 1. The van der Waals surface area contributed by atoms with Crippen molar-refractivity contribution in [3.05, 3.63) is 39.7 Å². The van der Waals surface area contributed by atoms with Gasteiger partial charge in [-0.15, -0.1) is 11.3 Å². The summed E-state index contributed by atoms with van der Waals surface area (Å²) in [4.78, 5) is 17.0. The number of furan rings is 1. The largest absolute Gasteiger partial charge is 0.459 e. The van der Waals surface area contributed by atoms with Crippen LogP contribution in [-0.4, -0.2) is 24.7 Å². The summed E-state index contributed by atoms with van der Waals surface area (Å²) >= 11 is 1.57. The van der Waals surface area contributed by atoms with Crippen LogP contribution in [-0.2, 0) is 22.5 Å². The lowest BCUT2D eigenvalue weighted by Crippen LogP contribution is -2.07. The van der Waals surface area contributed by atoms with Crippen molar-refractivity contribution in [1.82, 2.24) is 4.98 Å². The molecule has 2 rings (SSSR count). The highest BCUT2D eigenvalue weighted by Gasteiger charge is 2.13. The third-order valence-electron chi connectivity index (χ3n) is 2.56. The molecule has 0 bridgehead atoms. The first-order valence-electron chi connectivity index (χ1n) is 5.84. The van der Waals surface area contributed by atoms with Crippen molar-refractivity contribution in [2.24, 2.45) is 0 Å². The van der Waals surface area contributed by atoms with Gasteiger partial charge in [-0.2, -0.15) is 0 Å². The lowest BCUT2D eigenvalue weighted by molar-refractivity contribution is 0.0467. The highest BCUT2D eigenvalue weighted by Crippen LogP contribution is 2.14. The zero-order valence-electron chi connectivity index (χ0n) is 10.8. The number of aryl methyl sites for hydroxylation is 1. The fraction of sp³-hybridized carbons (Fsp3) is 0.385. The van der Waals surface area contributed by atoms with Crippen LogP contribution in [0.2, 0.25) is 0 Å². The van der Waals surface area contributed by atoms with Crippen LogP contribution in [0.5, 0.6) is 0 Å². The number of ether oxygens (including phenoxy) is 2. The average molecular weight is 281 g/mol. The van der Waals surface area contributed by atoms with E-state index in [9.17, 15) is 4.79 Å². The van der Waals surface area contributed by atoms with E-state index < -0.39 is 5.97 Å². The molecule has 0 amide bonds. The van der Waals surface area contributed by atoms with E-state index >= 15 is 0 Å². The Balaban J connectivity index is 1.82. The first kappa shape index (κ1) is 13.8. The van der Waals surface area contributed by atoms with Crippen molar-refractivity contribution in [1.29, 1.82) is 0 Å². The molecule has 0 atom stereocenters. The number of hydrogen-bond donors (Lipinski definition) is 0. The lowest BCUT2D eigenvalue weighted by atomic mass is 10.3.